The highest BCUT2D eigenvalue weighted by atomic mass is 35.5. The molecular weight excluding hydrogens is 504 g/mol. The molecule has 0 aliphatic heterocycles. The maximum absolute atomic E-state index is 14.0. The van der Waals surface area contributed by atoms with E-state index < -0.39 is 5.92 Å². The van der Waals surface area contributed by atoms with Gasteiger partial charge < -0.3 is 10.2 Å². The molecule has 0 aliphatic carbocycles. The summed E-state index contributed by atoms with van der Waals surface area (Å²) in [5.41, 5.74) is 2.70. The predicted octanol–water partition coefficient (Wildman–Crippen LogP) is 6.65. The number of carbonyl (C=O) groups excluding carboxylic acids is 2. The van der Waals surface area contributed by atoms with E-state index in [1.807, 2.05) is 91.5 Å². The lowest BCUT2D eigenvalue weighted by atomic mass is 9.89. The Hall–Kier alpha value is -3.55. The topological polar surface area (TPSA) is 75.2 Å². The number of aromatic nitrogens is 2. The van der Waals surface area contributed by atoms with Crippen LogP contribution in [0, 0.1) is 0 Å². The van der Waals surface area contributed by atoms with Crippen molar-refractivity contribution >= 4 is 39.9 Å². The summed E-state index contributed by atoms with van der Waals surface area (Å²) < 4.78 is 0. The van der Waals surface area contributed by atoms with Crippen molar-refractivity contribution < 1.29 is 9.59 Å². The SMILES string of the molecule is CCC(C)N(CCC(=O)Nc1nnc(-c2cccc(Cl)c2)s1)C(=O)C(c1ccccc1)c1ccccc1. The van der Waals surface area contributed by atoms with E-state index in [9.17, 15) is 9.59 Å². The number of nitrogens with one attached hydrogen (secondary N) is 1. The van der Waals surface area contributed by atoms with E-state index in [1.54, 1.807) is 12.1 Å². The van der Waals surface area contributed by atoms with E-state index in [0.29, 0.717) is 21.7 Å². The van der Waals surface area contributed by atoms with Gasteiger partial charge in [-0.25, -0.2) is 0 Å². The highest BCUT2D eigenvalue weighted by Gasteiger charge is 2.30. The number of nitrogens with zero attached hydrogens (tertiary/aromatic N) is 3. The number of rotatable bonds is 10. The number of hydrogen-bond acceptors (Lipinski definition) is 5. The first kappa shape index (κ1) is 26.5. The van der Waals surface area contributed by atoms with Crippen LogP contribution < -0.4 is 5.32 Å². The molecule has 1 atom stereocenters. The van der Waals surface area contributed by atoms with Crippen molar-refractivity contribution in [1.29, 1.82) is 0 Å². The van der Waals surface area contributed by atoms with Gasteiger partial charge >= 0.3 is 0 Å². The van der Waals surface area contributed by atoms with Gasteiger partial charge in [-0.05, 0) is 36.6 Å². The van der Waals surface area contributed by atoms with Gasteiger partial charge in [-0.1, -0.05) is 103 Å². The lowest BCUT2D eigenvalue weighted by Gasteiger charge is -2.32. The predicted molar refractivity (Wildman–Crippen MR) is 150 cm³/mol. The molecule has 0 bridgehead atoms. The maximum atomic E-state index is 14.0. The van der Waals surface area contributed by atoms with Crippen LogP contribution in [-0.4, -0.2) is 39.5 Å². The number of hydrogen-bond donors (Lipinski definition) is 1. The summed E-state index contributed by atoms with van der Waals surface area (Å²) in [7, 11) is 0. The quantitative estimate of drug-likeness (QED) is 0.248. The summed E-state index contributed by atoms with van der Waals surface area (Å²) in [5.74, 6) is -0.674. The average Bonchev–Trinajstić information content (AvgIpc) is 3.38. The van der Waals surface area contributed by atoms with E-state index >= 15 is 0 Å². The monoisotopic (exact) mass is 532 g/mol. The Morgan fingerprint density at radius 3 is 2.19 bits per heavy atom. The fraction of sp³-hybridized carbons (Fsp3) is 0.241. The average molecular weight is 533 g/mol. The molecule has 37 heavy (non-hydrogen) atoms. The number of anilines is 1. The Labute approximate surface area is 226 Å². The van der Waals surface area contributed by atoms with E-state index in [2.05, 4.69) is 15.5 Å². The molecule has 1 aromatic heterocycles. The normalized spacial score (nSPS) is 11.8. The highest BCUT2D eigenvalue weighted by Crippen LogP contribution is 2.29. The van der Waals surface area contributed by atoms with E-state index in [-0.39, 0.29) is 24.3 Å². The Bertz CT molecular complexity index is 1290. The third kappa shape index (κ3) is 6.81. The van der Waals surface area contributed by atoms with Crippen LogP contribution in [-0.2, 0) is 9.59 Å². The lowest BCUT2D eigenvalue weighted by molar-refractivity contribution is -0.134. The van der Waals surface area contributed by atoms with Crippen molar-refractivity contribution in [2.24, 2.45) is 0 Å². The second kappa shape index (κ2) is 12.6. The zero-order valence-corrected chi connectivity index (χ0v) is 22.4. The van der Waals surface area contributed by atoms with E-state index in [1.165, 1.54) is 11.3 Å². The van der Waals surface area contributed by atoms with Gasteiger partial charge in [0.2, 0.25) is 16.9 Å². The molecule has 0 saturated heterocycles. The van der Waals surface area contributed by atoms with Gasteiger partial charge in [0.15, 0.2) is 0 Å². The Kier molecular flexibility index (Phi) is 9.04. The molecule has 0 spiro atoms. The summed E-state index contributed by atoms with van der Waals surface area (Å²) in [6, 6.07) is 26.9. The fourth-order valence-corrected chi connectivity index (χ4v) is 5.06. The molecule has 1 unspecified atom stereocenters. The molecule has 190 valence electrons. The van der Waals surface area contributed by atoms with E-state index in [0.717, 1.165) is 23.1 Å². The van der Waals surface area contributed by atoms with Crippen LogP contribution in [0.2, 0.25) is 5.02 Å². The van der Waals surface area contributed by atoms with Gasteiger partial charge in [0.1, 0.15) is 5.01 Å². The summed E-state index contributed by atoms with van der Waals surface area (Å²) in [4.78, 5) is 28.6. The summed E-state index contributed by atoms with van der Waals surface area (Å²) >= 11 is 7.36. The summed E-state index contributed by atoms with van der Waals surface area (Å²) in [5, 5.41) is 12.8. The van der Waals surface area contributed by atoms with Crippen molar-refractivity contribution in [1.82, 2.24) is 15.1 Å². The molecule has 0 aliphatic rings. The lowest BCUT2D eigenvalue weighted by Crippen LogP contribution is -2.43. The Morgan fingerprint density at radius 1 is 0.946 bits per heavy atom. The minimum absolute atomic E-state index is 0.0151. The molecule has 4 aromatic rings. The molecule has 1 heterocycles. The number of carbonyl (C=O) groups is 2. The molecule has 6 nitrogen and oxygen atoms in total. The van der Waals surface area contributed by atoms with Crippen molar-refractivity contribution in [3.8, 4) is 10.6 Å². The Balaban J connectivity index is 1.47. The van der Waals surface area contributed by atoms with Crippen LogP contribution in [0.4, 0.5) is 5.13 Å². The molecule has 8 heteroatoms. The highest BCUT2D eigenvalue weighted by molar-refractivity contribution is 7.18. The van der Waals surface area contributed by atoms with Crippen LogP contribution >= 0.6 is 22.9 Å². The van der Waals surface area contributed by atoms with Crippen LogP contribution in [0.1, 0.15) is 43.7 Å². The smallest absolute Gasteiger partial charge is 0.234 e. The second-order valence-corrected chi connectivity index (χ2v) is 10.2. The Morgan fingerprint density at radius 2 is 1.59 bits per heavy atom. The molecule has 4 rings (SSSR count). The van der Waals surface area contributed by atoms with Gasteiger partial charge in [-0.3, -0.25) is 9.59 Å². The molecular formula is C29H29ClN4O2S. The minimum atomic E-state index is -0.442. The van der Waals surface area contributed by atoms with Gasteiger partial charge in [0, 0.05) is 29.6 Å². The van der Waals surface area contributed by atoms with Crippen molar-refractivity contribution in [2.45, 2.75) is 38.6 Å². The third-order valence-corrected chi connectivity index (χ3v) is 7.36. The first-order chi connectivity index (χ1) is 18.0. The fourth-order valence-electron chi connectivity index (χ4n) is 4.12. The molecule has 2 amide bonds. The number of amides is 2. The number of benzene rings is 3. The standard InChI is InChI=1S/C29H29ClN4O2S/c1-3-20(2)34(28(36)26(21-11-6-4-7-12-21)22-13-8-5-9-14-22)18-17-25(35)31-29-33-32-27(37-29)23-15-10-16-24(30)19-23/h4-16,19-20,26H,3,17-18H2,1-2H3,(H,31,33,35). The van der Waals surface area contributed by atoms with Crippen LogP contribution in [0.3, 0.4) is 0 Å². The van der Waals surface area contributed by atoms with Crippen LogP contribution in [0.25, 0.3) is 10.6 Å². The zero-order chi connectivity index (χ0) is 26.2. The third-order valence-electron chi connectivity index (χ3n) is 6.24. The van der Waals surface area contributed by atoms with Crippen molar-refractivity contribution in [3.05, 3.63) is 101 Å². The van der Waals surface area contributed by atoms with Gasteiger partial charge in [0.05, 0.1) is 5.92 Å². The first-order valence-corrected chi connectivity index (χ1v) is 13.5. The molecule has 0 saturated carbocycles. The molecule has 0 fully saturated rings. The first-order valence-electron chi connectivity index (χ1n) is 12.3. The minimum Gasteiger partial charge on any atom is -0.339 e. The number of halogens is 1. The molecule has 1 N–H and O–H groups in total. The van der Waals surface area contributed by atoms with Gasteiger partial charge in [-0.2, -0.15) is 0 Å². The summed E-state index contributed by atoms with van der Waals surface area (Å²) in [6.07, 6.45) is 0.932. The summed E-state index contributed by atoms with van der Waals surface area (Å²) in [6.45, 7) is 4.37. The van der Waals surface area contributed by atoms with E-state index in [4.69, 9.17) is 11.6 Å². The van der Waals surface area contributed by atoms with Gasteiger partial charge in [0.25, 0.3) is 0 Å². The molecule has 3 aromatic carbocycles. The van der Waals surface area contributed by atoms with Crippen LogP contribution in [0.15, 0.2) is 84.9 Å². The van der Waals surface area contributed by atoms with Gasteiger partial charge in [-0.15, -0.1) is 10.2 Å². The second-order valence-electron chi connectivity index (χ2n) is 8.76. The molecule has 0 radical (unpaired) electrons. The van der Waals surface area contributed by atoms with Crippen molar-refractivity contribution in [3.63, 3.8) is 0 Å². The maximum Gasteiger partial charge on any atom is 0.234 e. The van der Waals surface area contributed by atoms with Crippen LogP contribution in [0.5, 0.6) is 0 Å². The largest absolute Gasteiger partial charge is 0.339 e. The van der Waals surface area contributed by atoms with Crippen molar-refractivity contribution in [2.75, 3.05) is 11.9 Å². The zero-order valence-electron chi connectivity index (χ0n) is 20.8.